The zero-order chi connectivity index (χ0) is 32.0. The van der Waals surface area contributed by atoms with Crippen LogP contribution in [0, 0.1) is 28.6 Å². The monoisotopic (exact) mass is 600 g/mol. The number of rotatable bonds is 12. The lowest BCUT2D eigenvalue weighted by atomic mass is 9.59. The second-order valence-electron chi connectivity index (χ2n) is 14.1. The van der Waals surface area contributed by atoms with Crippen LogP contribution in [0.15, 0.2) is 34.9 Å². The van der Waals surface area contributed by atoms with Crippen molar-refractivity contribution >= 4 is 17.7 Å². The van der Waals surface area contributed by atoms with Crippen molar-refractivity contribution in [2.45, 2.75) is 130 Å². The fourth-order valence-corrected chi connectivity index (χ4v) is 8.69. The van der Waals surface area contributed by atoms with Crippen LogP contribution >= 0.6 is 0 Å². The van der Waals surface area contributed by atoms with Crippen LogP contribution < -0.4 is 0 Å². The highest BCUT2D eigenvalue weighted by atomic mass is 16.6. The van der Waals surface area contributed by atoms with Crippen LogP contribution in [-0.2, 0) is 23.9 Å². The summed E-state index contributed by atoms with van der Waals surface area (Å²) in [5.74, 6) is -3.08. The van der Waals surface area contributed by atoms with Crippen molar-refractivity contribution in [3.05, 3.63) is 34.9 Å². The first-order valence-corrected chi connectivity index (χ1v) is 16.2. The Morgan fingerprint density at radius 3 is 2.35 bits per heavy atom. The SMILES string of the molecule is C/C=C(\C)C(=O)O[C@H]1C(C)=CC23C(=O)[C@@H](C=C(CO)[C@@H](O)[C@]12O)[C@@H]1C(C)(C)[C@]1(OC(=O)CCCCCCCCC)CC3C. The predicted molar refractivity (Wildman–Crippen MR) is 163 cm³/mol. The normalized spacial score (nSPS) is 37.8. The van der Waals surface area contributed by atoms with Gasteiger partial charge in [-0.2, -0.15) is 0 Å². The highest BCUT2D eigenvalue weighted by molar-refractivity contribution is 5.96. The Labute approximate surface area is 256 Å². The van der Waals surface area contributed by atoms with E-state index in [4.69, 9.17) is 9.47 Å². The molecule has 8 heteroatoms. The van der Waals surface area contributed by atoms with E-state index in [0.717, 1.165) is 25.7 Å². The van der Waals surface area contributed by atoms with Gasteiger partial charge in [0.05, 0.1) is 12.0 Å². The number of carbonyl (C=O) groups excluding carboxylic acids is 3. The van der Waals surface area contributed by atoms with E-state index in [0.29, 0.717) is 24.0 Å². The summed E-state index contributed by atoms with van der Waals surface area (Å²) in [6.07, 6.45) is 10.0. The molecule has 240 valence electrons. The van der Waals surface area contributed by atoms with E-state index in [1.165, 1.54) is 19.3 Å². The van der Waals surface area contributed by atoms with Crippen LogP contribution in [0.3, 0.4) is 0 Å². The molecule has 0 aliphatic heterocycles. The van der Waals surface area contributed by atoms with Gasteiger partial charge in [0.15, 0.2) is 17.5 Å². The smallest absolute Gasteiger partial charge is 0.334 e. The molecule has 0 aromatic heterocycles. The molecule has 0 amide bonds. The van der Waals surface area contributed by atoms with Crippen molar-refractivity contribution in [3.8, 4) is 0 Å². The fourth-order valence-electron chi connectivity index (χ4n) is 8.69. The number of fused-ring (bicyclic) bond motifs is 3. The number of esters is 2. The molecule has 43 heavy (non-hydrogen) atoms. The Morgan fingerprint density at radius 2 is 1.74 bits per heavy atom. The molecule has 2 unspecified atom stereocenters. The summed E-state index contributed by atoms with van der Waals surface area (Å²) in [5, 5.41) is 34.7. The van der Waals surface area contributed by atoms with Crippen molar-refractivity contribution < 1.29 is 39.2 Å². The zero-order valence-electron chi connectivity index (χ0n) is 27.1. The fraction of sp³-hybridized carbons (Fsp3) is 0.743. The summed E-state index contributed by atoms with van der Waals surface area (Å²) in [4.78, 5) is 41.0. The van der Waals surface area contributed by atoms with E-state index in [9.17, 15) is 29.7 Å². The van der Waals surface area contributed by atoms with Crippen LogP contribution in [0.1, 0.15) is 106 Å². The zero-order valence-corrected chi connectivity index (χ0v) is 27.1. The van der Waals surface area contributed by atoms with Crippen molar-refractivity contribution in [2.75, 3.05) is 6.61 Å². The van der Waals surface area contributed by atoms with Gasteiger partial charge in [-0.3, -0.25) is 9.59 Å². The van der Waals surface area contributed by atoms with E-state index < -0.39 is 64.6 Å². The van der Waals surface area contributed by atoms with Crippen molar-refractivity contribution in [3.63, 3.8) is 0 Å². The first-order chi connectivity index (χ1) is 20.2. The molecular weight excluding hydrogens is 548 g/mol. The molecule has 0 aromatic rings. The summed E-state index contributed by atoms with van der Waals surface area (Å²) in [6.45, 7) is 12.4. The molecular formula is C35H52O8. The van der Waals surface area contributed by atoms with Gasteiger partial charge in [-0.25, -0.2) is 4.79 Å². The highest BCUT2D eigenvalue weighted by Gasteiger charge is 2.83. The van der Waals surface area contributed by atoms with E-state index in [1.54, 1.807) is 39.0 Å². The second kappa shape index (κ2) is 12.2. The average molecular weight is 601 g/mol. The first kappa shape index (κ1) is 33.6. The maximum Gasteiger partial charge on any atom is 0.334 e. The standard InChI is InChI=1S/C35H52O8/c1-8-10-11-12-13-14-15-16-26(37)43-34-19-23(5)33-18-22(4)30(42-31(40)21(3)9-2)35(33,41)28(38)24(20-36)17-25(29(33)39)27(34)32(34,6)7/h9,17-18,23,25,27-28,30,36,38,41H,8,10-16,19-20H2,1-7H3/b21-9+/t23?,25-,27+,28+,30-,33?,34-,35-/m0/s1. The third-order valence-corrected chi connectivity index (χ3v) is 11.3. The molecule has 0 heterocycles. The third-order valence-electron chi connectivity index (χ3n) is 11.3. The molecule has 8 nitrogen and oxygen atoms in total. The van der Waals surface area contributed by atoms with Crippen LogP contribution in [-0.4, -0.2) is 63.1 Å². The van der Waals surface area contributed by atoms with Gasteiger partial charge in [-0.05, 0) is 50.7 Å². The van der Waals surface area contributed by atoms with Crippen molar-refractivity contribution in [1.29, 1.82) is 0 Å². The molecule has 0 saturated heterocycles. The van der Waals surface area contributed by atoms with Gasteiger partial charge in [0, 0.05) is 29.2 Å². The molecule has 0 radical (unpaired) electrons. The topological polar surface area (TPSA) is 130 Å². The van der Waals surface area contributed by atoms with Gasteiger partial charge in [-0.1, -0.05) is 84.4 Å². The number of ether oxygens (including phenoxy) is 2. The third kappa shape index (κ3) is 5.05. The van der Waals surface area contributed by atoms with Gasteiger partial charge in [-0.15, -0.1) is 0 Å². The lowest BCUT2D eigenvalue weighted by Gasteiger charge is -2.49. The van der Waals surface area contributed by atoms with E-state index >= 15 is 0 Å². The minimum absolute atomic E-state index is 0.0923. The number of carbonyl (C=O) groups is 3. The van der Waals surface area contributed by atoms with Gasteiger partial charge < -0.3 is 24.8 Å². The Balaban J connectivity index is 1.69. The number of ketones is 1. The minimum Gasteiger partial charge on any atom is -0.458 e. The predicted octanol–water partition coefficient (Wildman–Crippen LogP) is 5.14. The first-order valence-electron chi connectivity index (χ1n) is 16.2. The summed E-state index contributed by atoms with van der Waals surface area (Å²) in [6, 6.07) is 0. The van der Waals surface area contributed by atoms with Crippen molar-refractivity contribution in [2.24, 2.45) is 28.6 Å². The largest absolute Gasteiger partial charge is 0.458 e. The number of aliphatic hydroxyl groups excluding tert-OH is 2. The minimum atomic E-state index is -2.26. The molecule has 8 atom stereocenters. The summed E-state index contributed by atoms with van der Waals surface area (Å²) in [5.41, 5.74) is -4.52. The van der Waals surface area contributed by atoms with Gasteiger partial charge >= 0.3 is 11.9 Å². The Morgan fingerprint density at radius 1 is 1.12 bits per heavy atom. The number of hydrogen-bond donors (Lipinski definition) is 3. The van der Waals surface area contributed by atoms with Crippen LogP contribution in [0.2, 0.25) is 0 Å². The lowest BCUT2D eigenvalue weighted by Crippen LogP contribution is -2.66. The molecule has 4 rings (SSSR count). The van der Waals surface area contributed by atoms with Gasteiger partial charge in [0.1, 0.15) is 11.7 Å². The van der Waals surface area contributed by atoms with E-state index in [-0.39, 0.29) is 17.3 Å². The molecule has 4 aliphatic rings. The molecule has 2 saturated carbocycles. The van der Waals surface area contributed by atoms with Gasteiger partial charge in [0.2, 0.25) is 0 Å². The average Bonchev–Trinajstić information content (AvgIpc) is 3.36. The van der Waals surface area contributed by atoms with Crippen molar-refractivity contribution in [1.82, 2.24) is 0 Å². The van der Waals surface area contributed by atoms with Crippen LogP contribution in [0.25, 0.3) is 0 Å². The Kier molecular flexibility index (Phi) is 9.57. The van der Waals surface area contributed by atoms with Crippen LogP contribution in [0.4, 0.5) is 0 Å². The van der Waals surface area contributed by atoms with Gasteiger partial charge in [0.25, 0.3) is 0 Å². The molecule has 2 fully saturated rings. The molecule has 3 N–H and O–H groups in total. The Bertz CT molecular complexity index is 1210. The maximum atomic E-state index is 14.8. The quantitative estimate of drug-likeness (QED) is 0.122. The number of aliphatic hydroxyl groups is 3. The molecule has 1 spiro atoms. The Hall–Kier alpha value is -2.29. The molecule has 4 aliphatic carbocycles. The summed E-state index contributed by atoms with van der Waals surface area (Å²) >= 11 is 0. The van der Waals surface area contributed by atoms with Crippen LogP contribution in [0.5, 0.6) is 0 Å². The molecule has 2 bridgehead atoms. The number of hydrogen-bond acceptors (Lipinski definition) is 8. The molecule has 0 aromatic carbocycles. The number of unbranched alkanes of at least 4 members (excludes halogenated alkanes) is 6. The van der Waals surface area contributed by atoms with E-state index in [2.05, 4.69) is 6.92 Å². The van der Waals surface area contributed by atoms with E-state index in [1.807, 2.05) is 20.8 Å². The lowest BCUT2D eigenvalue weighted by molar-refractivity contribution is -0.203. The summed E-state index contributed by atoms with van der Waals surface area (Å²) in [7, 11) is 0. The maximum absolute atomic E-state index is 14.8. The number of allylic oxidation sites excluding steroid dienone is 2. The second-order valence-corrected chi connectivity index (χ2v) is 14.1. The number of Topliss-reactive ketones (excluding diaryl/α,β-unsaturated/α-hetero) is 1. The summed E-state index contributed by atoms with van der Waals surface area (Å²) < 4.78 is 12.2. The highest BCUT2D eigenvalue weighted by Crippen LogP contribution is 2.75.